The molecule has 0 radical (unpaired) electrons. The Morgan fingerprint density at radius 2 is 1.68 bits per heavy atom. The lowest BCUT2D eigenvalue weighted by atomic mass is 10.2. The van der Waals surface area contributed by atoms with E-state index in [4.69, 9.17) is 10.5 Å². The highest BCUT2D eigenvalue weighted by Gasteiger charge is 2.18. The predicted molar refractivity (Wildman–Crippen MR) is 96.1 cm³/mol. The summed E-state index contributed by atoms with van der Waals surface area (Å²) in [6.45, 7) is 0.892. The molecule has 0 saturated carbocycles. The zero-order valence-electron chi connectivity index (χ0n) is 13.4. The largest absolute Gasteiger partial charge is 0.492 e. The Morgan fingerprint density at radius 3 is 2.40 bits per heavy atom. The average molecular weight is 329 g/mol. The number of hydrogen-bond acceptors (Lipinski definition) is 5. The minimum Gasteiger partial charge on any atom is -0.492 e. The number of hydrogen-bond donors (Lipinski definition) is 1. The molecule has 0 atom stereocenters. The summed E-state index contributed by atoms with van der Waals surface area (Å²) in [7, 11) is 0. The summed E-state index contributed by atoms with van der Waals surface area (Å²) in [6, 6.07) is 19.3. The van der Waals surface area contributed by atoms with Crippen LogP contribution in [0.3, 0.4) is 0 Å². The van der Waals surface area contributed by atoms with Gasteiger partial charge in [-0.15, -0.1) is 0 Å². The quantitative estimate of drug-likeness (QED) is 0.621. The number of anilines is 1. The molecule has 2 aromatic heterocycles. The van der Waals surface area contributed by atoms with Gasteiger partial charge < -0.3 is 15.0 Å². The zero-order valence-corrected chi connectivity index (χ0v) is 13.4. The second kappa shape index (κ2) is 6.13. The maximum atomic E-state index is 9.46. The molecule has 6 nitrogen and oxygen atoms in total. The number of benzene rings is 2. The topological polar surface area (TPSA) is 89.8 Å². The van der Waals surface area contributed by atoms with Crippen LogP contribution in [0, 0.1) is 11.3 Å². The lowest BCUT2D eigenvalue weighted by molar-refractivity contribution is 0.301. The van der Waals surface area contributed by atoms with Crippen molar-refractivity contribution >= 4 is 28.0 Å². The highest BCUT2D eigenvalue weighted by Crippen LogP contribution is 2.27. The van der Waals surface area contributed by atoms with Gasteiger partial charge in [-0.25, -0.2) is 9.97 Å². The molecule has 0 amide bonds. The van der Waals surface area contributed by atoms with Crippen LogP contribution in [0.4, 0.5) is 5.82 Å². The highest BCUT2D eigenvalue weighted by molar-refractivity contribution is 5.92. The molecule has 25 heavy (non-hydrogen) atoms. The molecule has 0 aliphatic heterocycles. The highest BCUT2D eigenvalue weighted by atomic mass is 16.5. The number of para-hydroxylation sites is 3. The van der Waals surface area contributed by atoms with Crippen LogP contribution in [0.2, 0.25) is 0 Å². The van der Waals surface area contributed by atoms with E-state index in [9.17, 15) is 5.26 Å². The van der Waals surface area contributed by atoms with Crippen molar-refractivity contribution < 1.29 is 4.74 Å². The Morgan fingerprint density at radius 1 is 1.00 bits per heavy atom. The second-order valence-corrected chi connectivity index (χ2v) is 5.57. The first-order valence-corrected chi connectivity index (χ1v) is 7.90. The van der Waals surface area contributed by atoms with Crippen molar-refractivity contribution in [3.05, 3.63) is 60.2 Å². The van der Waals surface area contributed by atoms with Gasteiger partial charge in [0.2, 0.25) is 0 Å². The zero-order chi connectivity index (χ0) is 17.2. The molecule has 4 rings (SSSR count). The maximum absolute atomic E-state index is 9.46. The van der Waals surface area contributed by atoms with E-state index in [0.717, 1.165) is 16.8 Å². The van der Waals surface area contributed by atoms with Crippen LogP contribution in [0.15, 0.2) is 54.6 Å². The summed E-state index contributed by atoms with van der Waals surface area (Å²) in [5.41, 5.74) is 9.16. The average Bonchev–Trinajstić information content (AvgIpc) is 2.91. The molecule has 2 heterocycles. The molecular weight excluding hydrogens is 314 g/mol. The van der Waals surface area contributed by atoms with Crippen LogP contribution in [-0.2, 0) is 6.54 Å². The lowest BCUT2D eigenvalue weighted by Gasteiger charge is -2.09. The Balaban J connectivity index is 1.73. The van der Waals surface area contributed by atoms with Gasteiger partial charge in [-0.2, -0.15) is 5.26 Å². The first-order chi connectivity index (χ1) is 12.3. The molecule has 0 aliphatic rings. The van der Waals surface area contributed by atoms with Gasteiger partial charge in [0.1, 0.15) is 35.3 Å². The molecule has 2 N–H and O–H groups in total. The van der Waals surface area contributed by atoms with E-state index in [1.165, 1.54) is 0 Å². The number of fused-ring (bicyclic) bond motifs is 2. The summed E-state index contributed by atoms with van der Waals surface area (Å²) in [5, 5.41) is 9.46. The van der Waals surface area contributed by atoms with Gasteiger partial charge in [-0.05, 0) is 24.3 Å². The van der Waals surface area contributed by atoms with E-state index < -0.39 is 0 Å². The third-order valence-corrected chi connectivity index (χ3v) is 4.03. The summed E-state index contributed by atoms with van der Waals surface area (Å²) < 4.78 is 7.52. The SMILES string of the molecule is N#Cc1c(N)n(CCOc2ccccc2)c2nc3ccccc3nc12. The fourth-order valence-corrected chi connectivity index (χ4v) is 2.83. The van der Waals surface area contributed by atoms with E-state index in [-0.39, 0.29) is 0 Å². The van der Waals surface area contributed by atoms with E-state index in [1.54, 1.807) is 4.57 Å². The van der Waals surface area contributed by atoms with Gasteiger partial charge in [0, 0.05) is 0 Å². The first-order valence-electron chi connectivity index (χ1n) is 7.90. The normalized spacial score (nSPS) is 10.8. The molecule has 0 unspecified atom stereocenters. The molecule has 0 aliphatic carbocycles. The van der Waals surface area contributed by atoms with Crippen LogP contribution in [-0.4, -0.2) is 21.1 Å². The van der Waals surface area contributed by atoms with Crippen molar-refractivity contribution in [1.82, 2.24) is 14.5 Å². The monoisotopic (exact) mass is 329 g/mol. The van der Waals surface area contributed by atoms with Crippen molar-refractivity contribution in [3.63, 3.8) is 0 Å². The number of aromatic nitrogens is 3. The first kappa shape index (κ1) is 15.0. The Hall–Kier alpha value is -3.59. The molecule has 6 heteroatoms. The predicted octanol–water partition coefficient (Wildman–Crippen LogP) is 3.12. The van der Waals surface area contributed by atoms with Gasteiger partial charge >= 0.3 is 0 Å². The number of nitrogens with zero attached hydrogens (tertiary/aromatic N) is 4. The van der Waals surface area contributed by atoms with Gasteiger partial charge in [-0.1, -0.05) is 30.3 Å². The number of nitrogen functional groups attached to an aromatic ring is 1. The summed E-state index contributed by atoms with van der Waals surface area (Å²) in [4.78, 5) is 9.22. The van der Waals surface area contributed by atoms with Crippen molar-refractivity contribution in [1.29, 1.82) is 5.26 Å². The Labute approximate surface area is 144 Å². The number of ether oxygens (including phenoxy) is 1. The van der Waals surface area contributed by atoms with Crippen molar-refractivity contribution in [2.24, 2.45) is 0 Å². The Kier molecular flexibility index (Phi) is 3.67. The van der Waals surface area contributed by atoms with Crippen molar-refractivity contribution in [2.45, 2.75) is 6.54 Å². The second-order valence-electron chi connectivity index (χ2n) is 5.57. The summed E-state index contributed by atoms with van der Waals surface area (Å²) in [5.74, 6) is 1.15. The van der Waals surface area contributed by atoms with E-state index in [1.807, 2.05) is 54.6 Å². The minimum atomic E-state index is 0.355. The summed E-state index contributed by atoms with van der Waals surface area (Å²) >= 11 is 0. The third kappa shape index (κ3) is 2.62. The van der Waals surface area contributed by atoms with Crippen LogP contribution in [0.1, 0.15) is 5.56 Å². The molecule has 0 saturated heterocycles. The van der Waals surface area contributed by atoms with Crippen LogP contribution in [0.25, 0.3) is 22.2 Å². The van der Waals surface area contributed by atoms with Crippen LogP contribution < -0.4 is 10.5 Å². The third-order valence-electron chi connectivity index (χ3n) is 4.03. The van der Waals surface area contributed by atoms with Gasteiger partial charge in [0.15, 0.2) is 5.65 Å². The van der Waals surface area contributed by atoms with Crippen LogP contribution >= 0.6 is 0 Å². The van der Waals surface area contributed by atoms with Gasteiger partial charge in [0.25, 0.3) is 0 Å². The van der Waals surface area contributed by atoms with Gasteiger partial charge in [0.05, 0.1) is 17.6 Å². The lowest BCUT2D eigenvalue weighted by Crippen LogP contribution is -2.11. The van der Waals surface area contributed by atoms with Crippen molar-refractivity contribution in [3.8, 4) is 11.8 Å². The molecule has 0 bridgehead atoms. The van der Waals surface area contributed by atoms with E-state index in [0.29, 0.717) is 35.7 Å². The fourth-order valence-electron chi connectivity index (χ4n) is 2.83. The summed E-state index contributed by atoms with van der Waals surface area (Å²) in [6.07, 6.45) is 0. The minimum absolute atomic E-state index is 0.355. The standard InChI is InChI=1S/C19H15N5O/c20-12-14-17-19(23-16-9-5-4-8-15(16)22-17)24(18(14)21)10-11-25-13-6-2-1-3-7-13/h1-9H,10-11,21H2. The molecule has 4 aromatic rings. The van der Waals surface area contributed by atoms with Gasteiger partial charge in [-0.3, -0.25) is 0 Å². The van der Waals surface area contributed by atoms with E-state index >= 15 is 0 Å². The molecule has 0 spiro atoms. The smallest absolute Gasteiger partial charge is 0.162 e. The Bertz CT molecular complexity index is 1100. The molecule has 2 aromatic carbocycles. The molecular formula is C19H15N5O. The molecule has 122 valence electrons. The maximum Gasteiger partial charge on any atom is 0.162 e. The number of nitriles is 1. The molecule has 0 fully saturated rings. The van der Waals surface area contributed by atoms with Crippen LogP contribution in [0.5, 0.6) is 5.75 Å². The fraction of sp³-hybridized carbons (Fsp3) is 0.105. The van der Waals surface area contributed by atoms with E-state index in [2.05, 4.69) is 16.0 Å². The number of nitrogens with two attached hydrogens (primary N) is 1. The number of rotatable bonds is 4. The van der Waals surface area contributed by atoms with Crippen molar-refractivity contribution in [2.75, 3.05) is 12.3 Å².